The Bertz CT molecular complexity index is 1220. The predicted octanol–water partition coefficient (Wildman–Crippen LogP) is 4.83. The summed E-state index contributed by atoms with van der Waals surface area (Å²) < 4.78 is 17.3. The molecule has 2 aromatic heterocycles. The zero-order valence-electron chi connectivity index (χ0n) is 15.7. The molecule has 0 amide bonds. The number of aryl methyl sites for hydroxylation is 1. The van der Waals surface area contributed by atoms with Gasteiger partial charge in [0, 0.05) is 17.1 Å². The Labute approximate surface area is 156 Å². The summed E-state index contributed by atoms with van der Waals surface area (Å²) in [6.07, 6.45) is 1.91. The molecule has 0 atom stereocenters. The molecule has 0 bridgehead atoms. The lowest BCUT2D eigenvalue weighted by molar-refractivity contribution is 0.521. The summed E-state index contributed by atoms with van der Waals surface area (Å²) in [7, 11) is 0. The molecule has 27 heavy (non-hydrogen) atoms. The highest BCUT2D eigenvalue weighted by molar-refractivity contribution is 5.97. The van der Waals surface area contributed by atoms with E-state index >= 15 is 4.39 Å². The number of rotatable bonds is 1. The lowest BCUT2D eigenvalue weighted by Crippen LogP contribution is -2.37. The maximum atomic E-state index is 15.3. The van der Waals surface area contributed by atoms with Gasteiger partial charge in [0.15, 0.2) is 5.82 Å². The van der Waals surface area contributed by atoms with Gasteiger partial charge in [-0.3, -0.25) is 4.57 Å². The first kappa shape index (κ1) is 16.1. The van der Waals surface area contributed by atoms with Crippen molar-refractivity contribution in [2.75, 3.05) is 5.32 Å². The normalized spacial score (nSPS) is 14.7. The van der Waals surface area contributed by atoms with Gasteiger partial charge in [0.2, 0.25) is 0 Å². The van der Waals surface area contributed by atoms with Crippen LogP contribution in [0.3, 0.4) is 0 Å². The van der Waals surface area contributed by atoms with E-state index in [1.54, 1.807) is 6.07 Å². The van der Waals surface area contributed by atoms with Crippen LogP contribution in [0.4, 0.5) is 10.1 Å². The number of fused-ring (bicyclic) bond motifs is 4. The molecule has 4 aromatic rings. The van der Waals surface area contributed by atoms with Crippen LogP contribution in [0.25, 0.3) is 27.7 Å². The van der Waals surface area contributed by atoms with Crippen LogP contribution in [-0.2, 0) is 5.54 Å². The number of hydrogen-bond acceptors (Lipinski definition) is 3. The SMILES string of the molecule is Cc1c(-c2cccc3[nH]ccc23)cc(F)c2c1-n1c(C)nnc1C(C)(C)N2. The number of benzene rings is 2. The monoisotopic (exact) mass is 361 g/mol. The molecule has 0 unspecified atom stereocenters. The van der Waals surface area contributed by atoms with Crippen LogP contribution >= 0.6 is 0 Å². The average molecular weight is 361 g/mol. The molecule has 3 heterocycles. The average Bonchev–Trinajstić information content (AvgIpc) is 3.25. The number of aromatic nitrogens is 4. The Balaban J connectivity index is 1.87. The standard InChI is InChI=1S/C21H20FN5/c1-11-15(13-6-5-7-17-14(13)8-9-23-17)10-16(22)18-19(11)27-12(2)25-26-20(27)21(3,4)24-18/h5-10,23-24H,1-4H3. The van der Waals surface area contributed by atoms with Crippen molar-refractivity contribution in [3.63, 3.8) is 0 Å². The minimum Gasteiger partial charge on any atom is -0.369 e. The summed E-state index contributed by atoms with van der Waals surface area (Å²) in [4.78, 5) is 3.23. The molecule has 5 rings (SSSR count). The summed E-state index contributed by atoms with van der Waals surface area (Å²) in [5.74, 6) is 1.26. The first-order valence-corrected chi connectivity index (χ1v) is 8.99. The summed E-state index contributed by atoms with van der Waals surface area (Å²) in [5.41, 5.74) is 4.68. The molecule has 136 valence electrons. The van der Waals surface area contributed by atoms with Crippen LogP contribution in [0.2, 0.25) is 0 Å². The van der Waals surface area contributed by atoms with E-state index in [0.717, 1.165) is 44.9 Å². The molecule has 0 saturated carbocycles. The third kappa shape index (κ3) is 2.10. The molecule has 5 nitrogen and oxygen atoms in total. The van der Waals surface area contributed by atoms with E-state index in [2.05, 4.69) is 20.5 Å². The van der Waals surface area contributed by atoms with Crippen molar-refractivity contribution < 1.29 is 4.39 Å². The van der Waals surface area contributed by atoms with Crippen molar-refractivity contribution in [1.82, 2.24) is 19.7 Å². The van der Waals surface area contributed by atoms with Gasteiger partial charge in [-0.05, 0) is 62.6 Å². The Hall–Kier alpha value is -3.15. The van der Waals surface area contributed by atoms with E-state index in [9.17, 15) is 0 Å². The summed E-state index contributed by atoms with van der Waals surface area (Å²) in [5, 5.41) is 13.0. The zero-order valence-corrected chi connectivity index (χ0v) is 15.7. The summed E-state index contributed by atoms with van der Waals surface area (Å²) in [6.45, 7) is 7.90. The Morgan fingerprint density at radius 3 is 2.70 bits per heavy atom. The number of nitrogens with one attached hydrogen (secondary N) is 2. The molecule has 2 aromatic carbocycles. The summed E-state index contributed by atoms with van der Waals surface area (Å²) in [6, 6.07) is 9.70. The van der Waals surface area contributed by atoms with Gasteiger partial charge in [-0.15, -0.1) is 10.2 Å². The van der Waals surface area contributed by atoms with Gasteiger partial charge < -0.3 is 10.3 Å². The van der Waals surface area contributed by atoms with Crippen LogP contribution in [-0.4, -0.2) is 19.7 Å². The fourth-order valence-electron chi connectivity index (χ4n) is 4.14. The fourth-order valence-corrected chi connectivity index (χ4v) is 4.14. The maximum absolute atomic E-state index is 15.3. The van der Waals surface area contributed by atoms with E-state index in [1.165, 1.54) is 0 Å². The molecular weight excluding hydrogens is 341 g/mol. The second kappa shape index (κ2) is 5.19. The maximum Gasteiger partial charge on any atom is 0.162 e. The molecule has 1 aliphatic rings. The topological polar surface area (TPSA) is 58.5 Å². The van der Waals surface area contributed by atoms with Crippen molar-refractivity contribution in [3.8, 4) is 16.8 Å². The van der Waals surface area contributed by atoms with Crippen LogP contribution in [0.5, 0.6) is 0 Å². The van der Waals surface area contributed by atoms with Gasteiger partial charge in [-0.2, -0.15) is 0 Å². The van der Waals surface area contributed by atoms with Gasteiger partial charge in [-0.1, -0.05) is 12.1 Å². The second-order valence-corrected chi connectivity index (χ2v) is 7.66. The second-order valence-electron chi connectivity index (χ2n) is 7.66. The van der Waals surface area contributed by atoms with Crippen LogP contribution in [0.1, 0.15) is 31.1 Å². The third-order valence-electron chi connectivity index (χ3n) is 5.44. The van der Waals surface area contributed by atoms with Gasteiger partial charge in [-0.25, -0.2) is 4.39 Å². The quantitative estimate of drug-likeness (QED) is 0.510. The number of nitrogens with zero attached hydrogens (tertiary/aromatic N) is 3. The van der Waals surface area contributed by atoms with Crippen molar-refractivity contribution in [2.24, 2.45) is 0 Å². The molecule has 0 aliphatic carbocycles. The highest BCUT2D eigenvalue weighted by atomic mass is 19.1. The van der Waals surface area contributed by atoms with Crippen LogP contribution in [0.15, 0.2) is 36.5 Å². The Morgan fingerprint density at radius 2 is 1.89 bits per heavy atom. The first-order valence-electron chi connectivity index (χ1n) is 8.99. The number of aromatic amines is 1. The molecular formula is C21H20FN5. The van der Waals surface area contributed by atoms with E-state index in [0.29, 0.717) is 5.69 Å². The predicted molar refractivity (Wildman–Crippen MR) is 105 cm³/mol. The van der Waals surface area contributed by atoms with Gasteiger partial charge in [0.1, 0.15) is 11.6 Å². The first-order chi connectivity index (χ1) is 12.9. The number of anilines is 1. The third-order valence-corrected chi connectivity index (χ3v) is 5.44. The fraction of sp³-hybridized carbons (Fsp3) is 0.238. The molecule has 0 fully saturated rings. The lowest BCUT2D eigenvalue weighted by atomic mass is 9.92. The van der Waals surface area contributed by atoms with Gasteiger partial charge in [0.05, 0.1) is 16.9 Å². The van der Waals surface area contributed by atoms with Gasteiger partial charge >= 0.3 is 0 Å². The summed E-state index contributed by atoms with van der Waals surface area (Å²) >= 11 is 0. The van der Waals surface area contributed by atoms with Crippen molar-refractivity contribution in [1.29, 1.82) is 0 Å². The molecule has 2 N–H and O–H groups in total. The van der Waals surface area contributed by atoms with E-state index < -0.39 is 5.54 Å². The molecule has 6 heteroatoms. The molecule has 0 saturated heterocycles. The van der Waals surface area contributed by atoms with Crippen molar-refractivity contribution in [2.45, 2.75) is 33.2 Å². The van der Waals surface area contributed by atoms with Crippen LogP contribution in [0, 0.1) is 19.7 Å². The zero-order chi connectivity index (χ0) is 18.9. The Kier molecular flexibility index (Phi) is 3.09. The molecule has 1 aliphatic heterocycles. The largest absolute Gasteiger partial charge is 0.369 e. The minimum absolute atomic E-state index is 0.273. The van der Waals surface area contributed by atoms with Gasteiger partial charge in [0.25, 0.3) is 0 Å². The van der Waals surface area contributed by atoms with E-state index in [1.807, 2.05) is 62.7 Å². The number of halogens is 1. The minimum atomic E-state index is -0.510. The lowest BCUT2D eigenvalue weighted by Gasteiger charge is -2.35. The highest BCUT2D eigenvalue weighted by Gasteiger charge is 2.37. The number of hydrogen-bond donors (Lipinski definition) is 2. The van der Waals surface area contributed by atoms with Crippen molar-refractivity contribution >= 4 is 16.6 Å². The van der Waals surface area contributed by atoms with Crippen molar-refractivity contribution in [3.05, 3.63) is 59.6 Å². The Morgan fingerprint density at radius 1 is 1.07 bits per heavy atom. The van der Waals surface area contributed by atoms with E-state index in [-0.39, 0.29) is 5.82 Å². The van der Waals surface area contributed by atoms with E-state index in [4.69, 9.17) is 0 Å². The molecule has 0 radical (unpaired) electrons. The highest BCUT2D eigenvalue weighted by Crippen LogP contribution is 2.44. The smallest absolute Gasteiger partial charge is 0.162 e. The number of H-pyrrole nitrogens is 1. The van der Waals surface area contributed by atoms with Crippen LogP contribution < -0.4 is 5.32 Å². The molecule has 0 spiro atoms.